The van der Waals surface area contributed by atoms with Gasteiger partial charge >= 0.3 is 0 Å². The van der Waals surface area contributed by atoms with E-state index in [1.54, 1.807) is 47.6 Å². The van der Waals surface area contributed by atoms with Gasteiger partial charge in [0.1, 0.15) is 11.6 Å². The average molecular weight is 396 g/mol. The number of carbonyl (C=O) groups is 2. The van der Waals surface area contributed by atoms with E-state index < -0.39 is 5.92 Å². The minimum absolute atomic E-state index is 0.0773. The summed E-state index contributed by atoms with van der Waals surface area (Å²) in [7, 11) is 0. The zero-order valence-corrected chi connectivity index (χ0v) is 15.9. The van der Waals surface area contributed by atoms with Gasteiger partial charge in [-0.15, -0.1) is 0 Å². The van der Waals surface area contributed by atoms with E-state index in [1.807, 2.05) is 23.8 Å². The Morgan fingerprint density at radius 3 is 2.61 bits per heavy atom. The molecule has 1 unspecified atom stereocenters. The number of rotatable bonds is 4. The van der Waals surface area contributed by atoms with E-state index in [-0.39, 0.29) is 18.2 Å². The van der Waals surface area contributed by atoms with Crippen molar-refractivity contribution < 1.29 is 9.59 Å². The molecule has 1 atom stereocenters. The Morgan fingerprint density at radius 2 is 1.96 bits per heavy atom. The molecule has 0 spiro atoms. The molecule has 142 valence electrons. The van der Waals surface area contributed by atoms with Crippen LogP contribution >= 0.6 is 11.6 Å². The monoisotopic (exact) mass is 395 g/mol. The summed E-state index contributed by atoms with van der Waals surface area (Å²) in [5.41, 5.74) is 1.33. The molecule has 2 aromatic heterocycles. The highest BCUT2D eigenvalue weighted by atomic mass is 35.5. The van der Waals surface area contributed by atoms with Crippen LogP contribution in [0, 0.1) is 12.8 Å². The molecular formula is C20H18ClN5O2. The van der Waals surface area contributed by atoms with E-state index in [0.717, 1.165) is 17.3 Å². The number of imidazole rings is 1. The Kier molecular flexibility index (Phi) is 4.83. The highest BCUT2D eigenvalue weighted by Crippen LogP contribution is 2.27. The number of hydrogen-bond acceptors (Lipinski definition) is 4. The summed E-state index contributed by atoms with van der Waals surface area (Å²) in [5.74, 6) is 0.859. The van der Waals surface area contributed by atoms with Crippen molar-refractivity contribution >= 4 is 34.8 Å². The summed E-state index contributed by atoms with van der Waals surface area (Å²) in [6.45, 7) is 2.23. The Hall–Kier alpha value is -3.19. The van der Waals surface area contributed by atoms with Crippen LogP contribution in [0.15, 0.2) is 55.0 Å². The zero-order valence-electron chi connectivity index (χ0n) is 15.2. The standard InChI is InChI=1S/C20H18ClN5O2/c1-13-22-8-9-25(13)18-7-4-16(11-23-18)24-20(28)14-10-19(27)26(12-14)17-5-2-15(21)3-6-17/h2-9,11,14H,10,12H2,1H3,(H,24,28). The van der Waals surface area contributed by atoms with Crippen LogP contribution in [0.4, 0.5) is 11.4 Å². The lowest BCUT2D eigenvalue weighted by Crippen LogP contribution is -2.28. The maximum absolute atomic E-state index is 12.6. The van der Waals surface area contributed by atoms with Crippen LogP contribution in [-0.2, 0) is 9.59 Å². The first-order valence-corrected chi connectivity index (χ1v) is 9.22. The van der Waals surface area contributed by atoms with Gasteiger partial charge in [0.15, 0.2) is 0 Å². The van der Waals surface area contributed by atoms with Crippen molar-refractivity contribution in [3.05, 3.63) is 65.8 Å². The third-order valence-electron chi connectivity index (χ3n) is 4.72. The highest BCUT2D eigenvalue weighted by molar-refractivity contribution is 6.30. The largest absolute Gasteiger partial charge is 0.324 e. The number of halogens is 1. The lowest BCUT2D eigenvalue weighted by molar-refractivity contribution is -0.122. The Labute approximate surface area is 167 Å². The predicted molar refractivity (Wildman–Crippen MR) is 107 cm³/mol. The number of nitrogens with one attached hydrogen (secondary N) is 1. The van der Waals surface area contributed by atoms with Crippen LogP contribution in [0.3, 0.4) is 0 Å². The van der Waals surface area contributed by atoms with Crippen LogP contribution < -0.4 is 10.2 Å². The summed E-state index contributed by atoms with van der Waals surface area (Å²) in [6.07, 6.45) is 5.30. The zero-order chi connectivity index (χ0) is 19.7. The Balaban J connectivity index is 1.42. The fourth-order valence-electron chi connectivity index (χ4n) is 3.22. The molecule has 1 N–H and O–H groups in total. The maximum Gasteiger partial charge on any atom is 0.229 e. The Bertz CT molecular complexity index is 1010. The number of hydrogen-bond donors (Lipinski definition) is 1. The van der Waals surface area contributed by atoms with Gasteiger partial charge < -0.3 is 10.2 Å². The molecule has 0 bridgehead atoms. The number of amides is 2. The maximum atomic E-state index is 12.6. The van der Waals surface area contributed by atoms with E-state index in [2.05, 4.69) is 15.3 Å². The summed E-state index contributed by atoms with van der Waals surface area (Å²) < 4.78 is 1.85. The molecule has 0 radical (unpaired) electrons. The lowest BCUT2D eigenvalue weighted by atomic mass is 10.1. The second kappa shape index (κ2) is 7.44. The van der Waals surface area contributed by atoms with Crippen LogP contribution in [-0.4, -0.2) is 32.9 Å². The number of carbonyl (C=O) groups excluding carboxylic acids is 2. The van der Waals surface area contributed by atoms with Crippen molar-refractivity contribution in [2.24, 2.45) is 5.92 Å². The van der Waals surface area contributed by atoms with Crippen molar-refractivity contribution in [3.63, 3.8) is 0 Å². The average Bonchev–Trinajstić information content (AvgIpc) is 3.29. The first kappa shape index (κ1) is 18.2. The molecule has 2 amide bonds. The quantitative estimate of drug-likeness (QED) is 0.735. The van der Waals surface area contributed by atoms with Crippen LogP contribution in [0.2, 0.25) is 5.02 Å². The van der Waals surface area contributed by atoms with Crippen molar-refractivity contribution in [1.82, 2.24) is 14.5 Å². The van der Waals surface area contributed by atoms with Crippen molar-refractivity contribution in [2.75, 3.05) is 16.8 Å². The summed E-state index contributed by atoms with van der Waals surface area (Å²) in [4.78, 5) is 35.1. The van der Waals surface area contributed by atoms with Crippen molar-refractivity contribution in [1.29, 1.82) is 0 Å². The molecular weight excluding hydrogens is 378 g/mol. The Morgan fingerprint density at radius 1 is 1.18 bits per heavy atom. The molecule has 0 saturated carbocycles. The third kappa shape index (κ3) is 3.61. The molecule has 7 nitrogen and oxygen atoms in total. The molecule has 8 heteroatoms. The smallest absolute Gasteiger partial charge is 0.229 e. The van der Waals surface area contributed by atoms with E-state index in [9.17, 15) is 9.59 Å². The molecule has 28 heavy (non-hydrogen) atoms. The number of benzene rings is 1. The molecule has 1 aliphatic heterocycles. The fraction of sp³-hybridized carbons (Fsp3) is 0.200. The summed E-state index contributed by atoms with van der Waals surface area (Å²) in [6, 6.07) is 10.6. The van der Waals surface area contributed by atoms with E-state index in [1.165, 1.54) is 0 Å². The van der Waals surface area contributed by atoms with Gasteiger partial charge in [0.25, 0.3) is 0 Å². The second-order valence-corrected chi connectivity index (χ2v) is 7.06. The van der Waals surface area contributed by atoms with Crippen molar-refractivity contribution in [3.8, 4) is 5.82 Å². The lowest BCUT2D eigenvalue weighted by Gasteiger charge is -2.16. The number of pyridine rings is 1. The van der Waals surface area contributed by atoms with E-state index >= 15 is 0 Å². The first-order chi connectivity index (χ1) is 13.5. The number of anilines is 2. The SMILES string of the molecule is Cc1nccn1-c1ccc(NC(=O)C2CC(=O)N(c3ccc(Cl)cc3)C2)cn1. The highest BCUT2D eigenvalue weighted by Gasteiger charge is 2.35. The molecule has 3 heterocycles. The predicted octanol–water partition coefficient (Wildman–Crippen LogP) is 3.22. The number of aryl methyl sites for hydroxylation is 1. The second-order valence-electron chi connectivity index (χ2n) is 6.62. The molecule has 1 aromatic carbocycles. The number of nitrogens with zero attached hydrogens (tertiary/aromatic N) is 4. The van der Waals surface area contributed by atoms with Gasteiger partial charge in [-0.2, -0.15) is 0 Å². The minimum atomic E-state index is -0.418. The topological polar surface area (TPSA) is 80.1 Å². The summed E-state index contributed by atoms with van der Waals surface area (Å²) >= 11 is 5.90. The van der Waals surface area contributed by atoms with Gasteiger partial charge in [0.05, 0.1) is 17.8 Å². The van der Waals surface area contributed by atoms with Crippen LogP contribution in [0.5, 0.6) is 0 Å². The molecule has 1 fully saturated rings. The van der Waals surface area contributed by atoms with Gasteiger partial charge in [0, 0.05) is 36.1 Å². The van der Waals surface area contributed by atoms with Crippen LogP contribution in [0.1, 0.15) is 12.2 Å². The van der Waals surface area contributed by atoms with Crippen molar-refractivity contribution in [2.45, 2.75) is 13.3 Å². The minimum Gasteiger partial charge on any atom is -0.324 e. The summed E-state index contributed by atoms with van der Waals surface area (Å²) in [5, 5.41) is 3.45. The first-order valence-electron chi connectivity index (χ1n) is 8.84. The van der Waals surface area contributed by atoms with Gasteiger partial charge in [-0.25, -0.2) is 9.97 Å². The van der Waals surface area contributed by atoms with Crippen LogP contribution in [0.25, 0.3) is 5.82 Å². The van der Waals surface area contributed by atoms with Gasteiger partial charge in [-0.1, -0.05) is 11.6 Å². The van der Waals surface area contributed by atoms with E-state index in [4.69, 9.17) is 11.6 Å². The molecule has 0 aliphatic carbocycles. The molecule has 4 rings (SSSR count). The van der Waals surface area contributed by atoms with E-state index in [0.29, 0.717) is 17.3 Å². The third-order valence-corrected chi connectivity index (χ3v) is 4.97. The number of aromatic nitrogens is 3. The van der Waals surface area contributed by atoms with Gasteiger partial charge in [0.2, 0.25) is 11.8 Å². The van der Waals surface area contributed by atoms with Gasteiger partial charge in [-0.05, 0) is 43.3 Å². The molecule has 1 saturated heterocycles. The molecule has 1 aliphatic rings. The molecule has 3 aromatic rings. The fourth-order valence-corrected chi connectivity index (χ4v) is 3.35. The van der Waals surface area contributed by atoms with Gasteiger partial charge in [-0.3, -0.25) is 14.2 Å². The normalized spacial score (nSPS) is 16.4.